The first kappa shape index (κ1) is 13.9. The number of fused-ring (bicyclic) bond motifs is 1. The van der Waals surface area contributed by atoms with Crippen molar-refractivity contribution in [1.82, 2.24) is 4.90 Å². The number of amides is 1. The second-order valence-corrected chi connectivity index (χ2v) is 4.72. The van der Waals surface area contributed by atoms with Gasteiger partial charge in [0.1, 0.15) is 5.75 Å². The van der Waals surface area contributed by atoms with Crippen molar-refractivity contribution in [2.75, 3.05) is 26.3 Å². The second kappa shape index (κ2) is 6.57. The van der Waals surface area contributed by atoms with Gasteiger partial charge < -0.3 is 14.7 Å². The molecule has 19 heavy (non-hydrogen) atoms. The topological polar surface area (TPSA) is 49.8 Å². The summed E-state index contributed by atoms with van der Waals surface area (Å²) in [5.74, 6) is 0.862. The Balaban J connectivity index is 2.15. The molecule has 0 bridgehead atoms. The maximum atomic E-state index is 12.6. The van der Waals surface area contributed by atoms with Crippen LogP contribution in [0.15, 0.2) is 24.3 Å². The summed E-state index contributed by atoms with van der Waals surface area (Å²) in [7, 11) is 0. The van der Waals surface area contributed by atoms with Gasteiger partial charge in [0.25, 0.3) is 0 Å². The van der Waals surface area contributed by atoms with E-state index < -0.39 is 0 Å². The van der Waals surface area contributed by atoms with Gasteiger partial charge in [0.2, 0.25) is 5.91 Å². The molecule has 0 aliphatic carbocycles. The van der Waals surface area contributed by atoms with Gasteiger partial charge in [-0.05, 0) is 25.8 Å². The third kappa shape index (κ3) is 3.07. The summed E-state index contributed by atoms with van der Waals surface area (Å²) in [5.41, 5.74) is 0.987. The molecule has 2 rings (SSSR count). The van der Waals surface area contributed by atoms with Gasteiger partial charge in [-0.2, -0.15) is 0 Å². The third-order valence-electron chi connectivity index (χ3n) is 3.54. The minimum Gasteiger partial charge on any atom is -0.493 e. The fourth-order valence-corrected chi connectivity index (χ4v) is 2.50. The Bertz CT molecular complexity index is 433. The van der Waals surface area contributed by atoms with E-state index in [0.717, 1.165) is 17.7 Å². The maximum Gasteiger partial charge on any atom is 0.230 e. The standard InChI is InChI=1S/C15H21NO3/c1-2-16(9-5-10-17)15(18)13-8-11-19-14-7-4-3-6-12(13)14/h3-4,6-7,13,17H,2,5,8-11H2,1H3. The Labute approximate surface area is 114 Å². The van der Waals surface area contributed by atoms with Gasteiger partial charge in [-0.25, -0.2) is 0 Å². The molecule has 1 aliphatic rings. The molecule has 1 N–H and O–H groups in total. The highest BCUT2D eigenvalue weighted by Gasteiger charge is 2.30. The highest BCUT2D eigenvalue weighted by molar-refractivity contribution is 5.84. The smallest absolute Gasteiger partial charge is 0.230 e. The summed E-state index contributed by atoms with van der Waals surface area (Å²) < 4.78 is 5.59. The number of ether oxygens (including phenoxy) is 1. The lowest BCUT2D eigenvalue weighted by Gasteiger charge is -2.30. The van der Waals surface area contributed by atoms with Gasteiger partial charge in [0.15, 0.2) is 0 Å². The average Bonchev–Trinajstić information content (AvgIpc) is 2.47. The van der Waals surface area contributed by atoms with E-state index in [9.17, 15) is 4.79 Å². The van der Waals surface area contributed by atoms with Crippen molar-refractivity contribution in [3.63, 3.8) is 0 Å². The van der Waals surface area contributed by atoms with Crippen LogP contribution in [-0.2, 0) is 4.79 Å². The monoisotopic (exact) mass is 263 g/mol. The van der Waals surface area contributed by atoms with Crippen molar-refractivity contribution in [3.05, 3.63) is 29.8 Å². The maximum absolute atomic E-state index is 12.6. The Morgan fingerprint density at radius 1 is 1.47 bits per heavy atom. The van der Waals surface area contributed by atoms with E-state index in [1.165, 1.54) is 0 Å². The molecule has 0 saturated carbocycles. The first-order valence-corrected chi connectivity index (χ1v) is 6.89. The predicted octanol–water partition coefficient (Wildman–Crippen LogP) is 1.78. The number of hydrogen-bond donors (Lipinski definition) is 1. The number of rotatable bonds is 5. The van der Waals surface area contributed by atoms with Crippen molar-refractivity contribution < 1.29 is 14.6 Å². The zero-order valence-electron chi connectivity index (χ0n) is 11.3. The molecule has 4 nitrogen and oxygen atoms in total. The van der Waals surface area contributed by atoms with Crippen LogP contribution in [0.3, 0.4) is 0 Å². The van der Waals surface area contributed by atoms with Gasteiger partial charge in [-0.3, -0.25) is 4.79 Å². The molecule has 0 spiro atoms. The number of carbonyl (C=O) groups excluding carboxylic acids is 1. The Hall–Kier alpha value is -1.55. The zero-order chi connectivity index (χ0) is 13.7. The number of likely N-dealkylation sites (N-methyl/N-ethyl adjacent to an activating group) is 1. The van der Waals surface area contributed by atoms with Gasteiger partial charge in [-0.1, -0.05) is 18.2 Å². The number of aliphatic hydroxyl groups excluding tert-OH is 1. The normalized spacial score (nSPS) is 17.5. The summed E-state index contributed by atoms with van der Waals surface area (Å²) >= 11 is 0. The van der Waals surface area contributed by atoms with Crippen LogP contribution in [0.5, 0.6) is 5.75 Å². The number of carbonyl (C=O) groups is 1. The molecule has 0 radical (unpaired) electrons. The molecule has 1 atom stereocenters. The Morgan fingerprint density at radius 2 is 2.26 bits per heavy atom. The average molecular weight is 263 g/mol. The number of nitrogens with zero attached hydrogens (tertiary/aromatic N) is 1. The van der Waals surface area contributed by atoms with Crippen molar-refractivity contribution in [2.45, 2.75) is 25.7 Å². The summed E-state index contributed by atoms with van der Waals surface area (Å²) in [5, 5.41) is 8.90. The lowest BCUT2D eigenvalue weighted by molar-refractivity contribution is -0.133. The van der Waals surface area contributed by atoms with Crippen LogP contribution in [0, 0.1) is 0 Å². The molecule has 1 aliphatic heterocycles. The van der Waals surface area contributed by atoms with Gasteiger partial charge in [0, 0.05) is 25.3 Å². The number of benzene rings is 1. The highest BCUT2D eigenvalue weighted by Crippen LogP contribution is 2.34. The van der Waals surface area contributed by atoms with Crippen LogP contribution in [0.4, 0.5) is 0 Å². The van der Waals surface area contributed by atoms with E-state index in [0.29, 0.717) is 26.1 Å². The molecule has 1 aromatic carbocycles. The summed E-state index contributed by atoms with van der Waals surface area (Å²) in [6.07, 6.45) is 1.36. The highest BCUT2D eigenvalue weighted by atomic mass is 16.5. The van der Waals surface area contributed by atoms with Gasteiger partial charge in [0.05, 0.1) is 12.5 Å². The van der Waals surface area contributed by atoms with E-state index in [1.807, 2.05) is 36.1 Å². The minimum atomic E-state index is -0.108. The second-order valence-electron chi connectivity index (χ2n) is 4.72. The Morgan fingerprint density at radius 3 is 3.00 bits per heavy atom. The molecular formula is C15H21NO3. The van der Waals surface area contributed by atoms with E-state index in [1.54, 1.807) is 0 Å². The van der Waals surface area contributed by atoms with Crippen LogP contribution in [-0.4, -0.2) is 42.2 Å². The lowest BCUT2D eigenvalue weighted by Crippen LogP contribution is -2.37. The number of hydrogen-bond acceptors (Lipinski definition) is 3. The number of para-hydroxylation sites is 1. The van der Waals surface area contributed by atoms with Gasteiger partial charge in [-0.15, -0.1) is 0 Å². The molecule has 0 aromatic heterocycles. The van der Waals surface area contributed by atoms with Crippen LogP contribution in [0.1, 0.15) is 31.2 Å². The third-order valence-corrected chi connectivity index (χ3v) is 3.54. The van der Waals surface area contributed by atoms with Crippen molar-refractivity contribution in [1.29, 1.82) is 0 Å². The number of aliphatic hydroxyl groups is 1. The molecule has 1 heterocycles. The van der Waals surface area contributed by atoms with Crippen molar-refractivity contribution in [3.8, 4) is 5.75 Å². The SMILES string of the molecule is CCN(CCCO)C(=O)C1CCOc2ccccc21. The van der Waals surface area contributed by atoms with E-state index in [-0.39, 0.29) is 18.4 Å². The van der Waals surface area contributed by atoms with Crippen molar-refractivity contribution >= 4 is 5.91 Å². The van der Waals surface area contributed by atoms with Crippen LogP contribution in [0.2, 0.25) is 0 Å². The minimum absolute atomic E-state index is 0.108. The fraction of sp³-hybridized carbons (Fsp3) is 0.533. The van der Waals surface area contributed by atoms with E-state index >= 15 is 0 Å². The first-order valence-electron chi connectivity index (χ1n) is 6.89. The van der Waals surface area contributed by atoms with Crippen LogP contribution in [0.25, 0.3) is 0 Å². The Kier molecular flexibility index (Phi) is 4.80. The quantitative estimate of drug-likeness (QED) is 0.881. The van der Waals surface area contributed by atoms with Gasteiger partial charge >= 0.3 is 0 Å². The van der Waals surface area contributed by atoms with Crippen LogP contribution < -0.4 is 4.74 Å². The molecule has 1 amide bonds. The van der Waals surface area contributed by atoms with Crippen LogP contribution >= 0.6 is 0 Å². The molecule has 0 saturated heterocycles. The fourth-order valence-electron chi connectivity index (χ4n) is 2.50. The van der Waals surface area contributed by atoms with E-state index in [4.69, 9.17) is 9.84 Å². The summed E-state index contributed by atoms with van der Waals surface area (Å²) in [6, 6.07) is 7.75. The molecular weight excluding hydrogens is 242 g/mol. The largest absolute Gasteiger partial charge is 0.493 e. The molecule has 104 valence electrons. The summed E-state index contributed by atoms with van der Waals surface area (Å²) in [4.78, 5) is 14.4. The summed E-state index contributed by atoms with van der Waals surface area (Å²) in [6.45, 7) is 3.98. The zero-order valence-corrected chi connectivity index (χ0v) is 11.3. The predicted molar refractivity (Wildman–Crippen MR) is 73.3 cm³/mol. The molecule has 4 heteroatoms. The van der Waals surface area contributed by atoms with Crippen molar-refractivity contribution in [2.24, 2.45) is 0 Å². The van der Waals surface area contributed by atoms with E-state index in [2.05, 4.69) is 0 Å². The molecule has 0 fully saturated rings. The molecule has 1 unspecified atom stereocenters. The lowest BCUT2D eigenvalue weighted by atomic mass is 9.91. The molecule has 1 aromatic rings. The first-order chi connectivity index (χ1) is 9.27.